The fraction of sp³-hybridized carbons (Fsp3) is 0.636. The lowest BCUT2D eigenvalue weighted by molar-refractivity contribution is -0.135. The molecule has 1 amide bonds. The summed E-state index contributed by atoms with van der Waals surface area (Å²) in [5.74, 6) is 2.24. The first kappa shape index (κ1) is 20.5. The van der Waals surface area contributed by atoms with Crippen molar-refractivity contribution in [3.8, 4) is 5.75 Å². The highest BCUT2D eigenvalue weighted by Gasteiger charge is 2.31. The Hall–Kier alpha value is -2.24. The quantitative estimate of drug-likeness (QED) is 0.583. The van der Waals surface area contributed by atoms with Crippen molar-refractivity contribution >= 4 is 11.9 Å². The first-order valence-corrected chi connectivity index (χ1v) is 10.6. The van der Waals surface area contributed by atoms with Crippen molar-refractivity contribution in [2.75, 3.05) is 26.7 Å². The highest BCUT2D eigenvalue weighted by molar-refractivity contribution is 5.81. The average molecular weight is 387 g/mol. The number of rotatable bonds is 6. The van der Waals surface area contributed by atoms with E-state index in [1.165, 1.54) is 19.3 Å². The molecule has 6 nitrogen and oxygen atoms in total. The van der Waals surface area contributed by atoms with Gasteiger partial charge in [-0.2, -0.15) is 0 Å². The van der Waals surface area contributed by atoms with Crippen LogP contribution in [0.3, 0.4) is 0 Å². The van der Waals surface area contributed by atoms with E-state index >= 15 is 0 Å². The second kappa shape index (κ2) is 10.3. The summed E-state index contributed by atoms with van der Waals surface area (Å²) in [5, 5.41) is 6.80. The molecule has 1 aliphatic heterocycles. The van der Waals surface area contributed by atoms with Crippen molar-refractivity contribution in [3.63, 3.8) is 0 Å². The number of amides is 1. The molecule has 1 aromatic rings. The number of para-hydroxylation sites is 1. The van der Waals surface area contributed by atoms with Gasteiger partial charge in [0.05, 0.1) is 6.54 Å². The number of likely N-dealkylation sites (tertiary alicyclic amines) is 1. The van der Waals surface area contributed by atoms with E-state index in [1.54, 1.807) is 7.05 Å². The van der Waals surface area contributed by atoms with Gasteiger partial charge in [0.1, 0.15) is 11.9 Å². The van der Waals surface area contributed by atoms with E-state index in [1.807, 2.05) is 42.2 Å². The zero-order valence-corrected chi connectivity index (χ0v) is 17.2. The normalized spacial score (nSPS) is 22.0. The molecule has 0 spiro atoms. The number of hydrogen-bond donors (Lipinski definition) is 2. The molecule has 2 N–H and O–H groups in total. The second-order valence-corrected chi connectivity index (χ2v) is 7.94. The molecule has 3 rings (SSSR count). The summed E-state index contributed by atoms with van der Waals surface area (Å²) in [6.45, 7) is 4.31. The number of benzene rings is 1. The second-order valence-electron chi connectivity index (χ2n) is 7.94. The van der Waals surface area contributed by atoms with E-state index in [9.17, 15) is 4.79 Å². The van der Waals surface area contributed by atoms with Gasteiger partial charge in [0.15, 0.2) is 5.96 Å². The lowest BCUT2D eigenvalue weighted by atomic mass is 9.88. The van der Waals surface area contributed by atoms with Gasteiger partial charge in [0, 0.05) is 32.1 Å². The van der Waals surface area contributed by atoms with Gasteiger partial charge in [-0.25, -0.2) is 0 Å². The van der Waals surface area contributed by atoms with Gasteiger partial charge < -0.3 is 20.3 Å². The Balaban J connectivity index is 1.40. The summed E-state index contributed by atoms with van der Waals surface area (Å²) >= 11 is 0. The predicted octanol–water partition coefficient (Wildman–Crippen LogP) is 2.80. The standard InChI is InChI=1S/C22H34N4O2/c1-17(28-20-11-7-4-8-12-20)15-24-22(23-2)25-19-13-14-26(16-19)21(27)18-9-5-3-6-10-18/h4,7-8,11-12,17-19H,3,5-6,9-10,13-16H2,1-2H3,(H2,23,24,25). The fourth-order valence-electron chi connectivity index (χ4n) is 4.09. The van der Waals surface area contributed by atoms with E-state index in [-0.39, 0.29) is 18.1 Å². The van der Waals surface area contributed by atoms with Crippen molar-refractivity contribution in [1.29, 1.82) is 0 Å². The fourth-order valence-corrected chi connectivity index (χ4v) is 4.09. The molecule has 2 atom stereocenters. The summed E-state index contributed by atoms with van der Waals surface area (Å²) in [6.07, 6.45) is 6.80. The Labute approximate surface area is 168 Å². The topological polar surface area (TPSA) is 66.0 Å². The molecule has 154 valence electrons. The summed E-state index contributed by atoms with van der Waals surface area (Å²) < 4.78 is 5.90. The molecule has 2 unspecified atom stereocenters. The number of nitrogens with one attached hydrogen (secondary N) is 2. The van der Waals surface area contributed by atoms with Crippen LogP contribution >= 0.6 is 0 Å². The third-order valence-corrected chi connectivity index (χ3v) is 5.66. The van der Waals surface area contributed by atoms with Crippen LogP contribution in [0.5, 0.6) is 5.75 Å². The number of carbonyl (C=O) groups is 1. The molecule has 1 saturated heterocycles. The third kappa shape index (κ3) is 5.88. The van der Waals surface area contributed by atoms with Crippen molar-refractivity contribution < 1.29 is 9.53 Å². The van der Waals surface area contributed by atoms with Gasteiger partial charge in [0.25, 0.3) is 0 Å². The summed E-state index contributed by atoms with van der Waals surface area (Å²) in [4.78, 5) is 19.1. The van der Waals surface area contributed by atoms with Gasteiger partial charge in [-0.3, -0.25) is 9.79 Å². The summed E-state index contributed by atoms with van der Waals surface area (Å²) in [5.41, 5.74) is 0. The van der Waals surface area contributed by atoms with E-state index < -0.39 is 0 Å². The minimum Gasteiger partial charge on any atom is -0.489 e. The maximum absolute atomic E-state index is 12.7. The Kier molecular flexibility index (Phi) is 7.57. The smallest absolute Gasteiger partial charge is 0.225 e. The minimum atomic E-state index is 0.0221. The minimum absolute atomic E-state index is 0.0221. The molecule has 2 aliphatic rings. The lowest BCUT2D eigenvalue weighted by Crippen LogP contribution is -2.47. The number of carbonyl (C=O) groups excluding carboxylic acids is 1. The first-order valence-electron chi connectivity index (χ1n) is 10.6. The van der Waals surface area contributed by atoms with E-state index in [0.29, 0.717) is 12.5 Å². The van der Waals surface area contributed by atoms with Crippen LogP contribution in [-0.4, -0.2) is 55.6 Å². The molecule has 1 saturated carbocycles. The van der Waals surface area contributed by atoms with E-state index in [0.717, 1.165) is 44.1 Å². The van der Waals surface area contributed by atoms with E-state index in [4.69, 9.17) is 4.74 Å². The lowest BCUT2D eigenvalue weighted by Gasteiger charge is -2.26. The molecule has 6 heteroatoms. The Bertz CT molecular complexity index is 643. The van der Waals surface area contributed by atoms with Gasteiger partial charge in [0.2, 0.25) is 5.91 Å². The van der Waals surface area contributed by atoms with Gasteiger partial charge in [-0.05, 0) is 38.3 Å². The zero-order chi connectivity index (χ0) is 19.8. The highest BCUT2D eigenvalue weighted by Crippen LogP contribution is 2.26. The molecule has 0 radical (unpaired) electrons. The Morgan fingerprint density at radius 2 is 1.96 bits per heavy atom. The average Bonchev–Trinajstić information content (AvgIpc) is 3.20. The van der Waals surface area contributed by atoms with Crippen LogP contribution in [0.4, 0.5) is 0 Å². The molecule has 0 aromatic heterocycles. The van der Waals surface area contributed by atoms with Gasteiger partial charge in [-0.1, -0.05) is 37.5 Å². The number of hydrogen-bond acceptors (Lipinski definition) is 3. The van der Waals surface area contributed by atoms with Crippen LogP contribution in [0.15, 0.2) is 35.3 Å². The van der Waals surface area contributed by atoms with Crippen LogP contribution in [0.25, 0.3) is 0 Å². The number of aliphatic imine (C=N–C) groups is 1. The van der Waals surface area contributed by atoms with Crippen LogP contribution in [0, 0.1) is 5.92 Å². The third-order valence-electron chi connectivity index (χ3n) is 5.66. The molecule has 0 bridgehead atoms. The van der Waals surface area contributed by atoms with Crippen molar-refractivity contribution in [3.05, 3.63) is 30.3 Å². The number of nitrogens with zero attached hydrogens (tertiary/aromatic N) is 2. The van der Waals surface area contributed by atoms with Crippen LogP contribution in [-0.2, 0) is 4.79 Å². The SMILES string of the molecule is CN=C(NCC(C)Oc1ccccc1)NC1CCN(C(=O)C2CCCCC2)C1. The molecular formula is C22H34N4O2. The maximum atomic E-state index is 12.7. The Morgan fingerprint density at radius 3 is 2.68 bits per heavy atom. The van der Waals surface area contributed by atoms with Crippen molar-refractivity contribution in [2.24, 2.45) is 10.9 Å². The summed E-state index contributed by atoms with van der Waals surface area (Å²) in [7, 11) is 1.78. The van der Waals surface area contributed by atoms with Crippen molar-refractivity contribution in [2.45, 2.75) is 57.6 Å². The van der Waals surface area contributed by atoms with Gasteiger partial charge >= 0.3 is 0 Å². The molecule has 28 heavy (non-hydrogen) atoms. The van der Waals surface area contributed by atoms with Crippen LogP contribution in [0.2, 0.25) is 0 Å². The van der Waals surface area contributed by atoms with Crippen molar-refractivity contribution in [1.82, 2.24) is 15.5 Å². The van der Waals surface area contributed by atoms with Crippen LogP contribution < -0.4 is 15.4 Å². The zero-order valence-electron chi connectivity index (χ0n) is 17.2. The molecule has 1 aromatic carbocycles. The first-order chi connectivity index (χ1) is 13.7. The highest BCUT2D eigenvalue weighted by atomic mass is 16.5. The molecule has 2 fully saturated rings. The predicted molar refractivity (Wildman–Crippen MR) is 113 cm³/mol. The van der Waals surface area contributed by atoms with Crippen LogP contribution in [0.1, 0.15) is 45.4 Å². The molecule has 1 heterocycles. The number of guanidine groups is 1. The largest absolute Gasteiger partial charge is 0.489 e. The van der Waals surface area contributed by atoms with E-state index in [2.05, 4.69) is 15.6 Å². The van der Waals surface area contributed by atoms with Gasteiger partial charge in [-0.15, -0.1) is 0 Å². The molecular weight excluding hydrogens is 352 g/mol. The summed E-state index contributed by atoms with van der Waals surface area (Å²) in [6, 6.07) is 10.1. The monoisotopic (exact) mass is 386 g/mol. The molecule has 1 aliphatic carbocycles. The maximum Gasteiger partial charge on any atom is 0.225 e. The Morgan fingerprint density at radius 1 is 1.21 bits per heavy atom. The number of ether oxygens (including phenoxy) is 1.